The Kier molecular flexibility index (Phi) is 5.25. The predicted molar refractivity (Wildman–Crippen MR) is 93.2 cm³/mol. The smallest absolute Gasteiger partial charge is 0.350 e. The third kappa shape index (κ3) is 3.95. The van der Waals surface area contributed by atoms with Gasteiger partial charge in [-0.25, -0.2) is 9.48 Å². The first-order chi connectivity index (χ1) is 12.2. The highest BCUT2D eigenvalue weighted by atomic mass is 16.5. The maximum Gasteiger partial charge on any atom is 0.350 e. The number of benzene rings is 1. The average molecular weight is 340 g/mol. The fraction of sp³-hybridized carbons (Fsp3) is 0.278. The van der Waals surface area contributed by atoms with Crippen LogP contribution in [0.4, 0.5) is 0 Å². The number of ether oxygens (including phenoxy) is 1. The van der Waals surface area contributed by atoms with Crippen molar-refractivity contribution in [1.82, 2.24) is 19.1 Å². The molecule has 0 aliphatic heterocycles. The first-order valence-electron chi connectivity index (χ1n) is 8.04. The van der Waals surface area contributed by atoms with Gasteiger partial charge in [-0.15, -0.1) is 5.10 Å². The van der Waals surface area contributed by atoms with Crippen molar-refractivity contribution >= 4 is 11.6 Å². The number of amides is 1. The van der Waals surface area contributed by atoms with Gasteiger partial charge in [-0.05, 0) is 17.7 Å². The van der Waals surface area contributed by atoms with Crippen molar-refractivity contribution in [2.24, 2.45) is 0 Å². The maximum absolute atomic E-state index is 12.7. The van der Waals surface area contributed by atoms with Crippen LogP contribution in [0.2, 0.25) is 0 Å². The number of rotatable bonds is 7. The lowest BCUT2D eigenvalue weighted by atomic mass is 10.2. The number of carbonyl (C=O) groups is 1. The van der Waals surface area contributed by atoms with Gasteiger partial charge in [0.05, 0.1) is 6.61 Å². The lowest BCUT2D eigenvalue weighted by molar-refractivity contribution is -0.133. The molecule has 25 heavy (non-hydrogen) atoms. The second-order valence-corrected chi connectivity index (χ2v) is 5.66. The number of aromatic nitrogens is 3. The third-order valence-electron chi connectivity index (χ3n) is 3.91. The van der Waals surface area contributed by atoms with Crippen molar-refractivity contribution < 1.29 is 9.53 Å². The molecular weight excluding hydrogens is 320 g/mol. The van der Waals surface area contributed by atoms with Crippen LogP contribution in [-0.4, -0.2) is 45.2 Å². The molecule has 0 atom stereocenters. The summed E-state index contributed by atoms with van der Waals surface area (Å²) in [5.41, 5.74) is 1.22. The van der Waals surface area contributed by atoms with E-state index in [0.29, 0.717) is 25.3 Å². The molecule has 1 aromatic carbocycles. The Balaban J connectivity index is 1.79. The van der Waals surface area contributed by atoms with Crippen molar-refractivity contribution in [3.8, 4) is 0 Å². The van der Waals surface area contributed by atoms with Gasteiger partial charge in [0.2, 0.25) is 5.91 Å². The summed E-state index contributed by atoms with van der Waals surface area (Å²) in [5, 5.41) is 4.21. The number of hydrogen-bond donors (Lipinski definition) is 0. The highest BCUT2D eigenvalue weighted by Gasteiger charge is 2.17. The highest BCUT2D eigenvalue weighted by molar-refractivity contribution is 5.76. The van der Waals surface area contributed by atoms with Gasteiger partial charge < -0.3 is 9.64 Å². The predicted octanol–water partition coefficient (Wildman–Crippen LogP) is 1.17. The zero-order valence-electron chi connectivity index (χ0n) is 14.0. The molecule has 1 amide bonds. The molecule has 0 saturated heterocycles. The SMILES string of the molecule is COCCN(Cc1ccccc1)C(=O)Cn1nc2ccccn2c1=O. The summed E-state index contributed by atoms with van der Waals surface area (Å²) in [4.78, 5) is 26.7. The number of carbonyl (C=O) groups excluding carboxylic acids is 1. The number of hydrogen-bond acceptors (Lipinski definition) is 4. The second-order valence-electron chi connectivity index (χ2n) is 5.66. The van der Waals surface area contributed by atoms with E-state index in [-0.39, 0.29) is 18.1 Å². The van der Waals surface area contributed by atoms with Crippen LogP contribution in [0.1, 0.15) is 5.56 Å². The van der Waals surface area contributed by atoms with Gasteiger partial charge in [-0.3, -0.25) is 9.20 Å². The van der Waals surface area contributed by atoms with Crippen LogP contribution in [-0.2, 0) is 22.6 Å². The van der Waals surface area contributed by atoms with Crippen molar-refractivity contribution in [3.05, 3.63) is 70.8 Å². The minimum Gasteiger partial charge on any atom is -0.383 e. The van der Waals surface area contributed by atoms with Gasteiger partial charge in [-0.2, -0.15) is 0 Å². The van der Waals surface area contributed by atoms with Crippen LogP contribution in [0.15, 0.2) is 59.5 Å². The Bertz CT molecular complexity index is 901. The molecule has 0 fully saturated rings. The van der Waals surface area contributed by atoms with Crippen LogP contribution in [0.3, 0.4) is 0 Å². The monoisotopic (exact) mass is 340 g/mol. The first kappa shape index (κ1) is 16.9. The number of pyridine rings is 1. The lowest BCUT2D eigenvalue weighted by Gasteiger charge is -2.22. The summed E-state index contributed by atoms with van der Waals surface area (Å²) in [6.07, 6.45) is 1.64. The van der Waals surface area contributed by atoms with Crippen molar-refractivity contribution in [2.75, 3.05) is 20.3 Å². The Morgan fingerprint density at radius 1 is 1.16 bits per heavy atom. The van der Waals surface area contributed by atoms with Crippen molar-refractivity contribution in [2.45, 2.75) is 13.1 Å². The molecule has 3 rings (SSSR count). The summed E-state index contributed by atoms with van der Waals surface area (Å²) in [5.74, 6) is -0.175. The normalized spacial score (nSPS) is 10.9. The zero-order valence-corrected chi connectivity index (χ0v) is 14.0. The third-order valence-corrected chi connectivity index (χ3v) is 3.91. The fourth-order valence-electron chi connectivity index (χ4n) is 2.60. The summed E-state index contributed by atoms with van der Waals surface area (Å²) in [7, 11) is 1.60. The highest BCUT2D eigenvalue weighted by Crippen LogP contribution is 2.06. The molecule has 0 spiro atoms. The van der Waals surface area contributed by atoms with E-state index in [4.69, 9.17) is 4.74 Å². The fourth-order valence-corrected chi connectivity index (χ4v) is 2.60. The molecule has 0 radical (unpaired) electrons. The molecule has 7 nitrogen and oxygen atoms in total. The van der Waals surface area contributed by atoms with E-state index in [1.54, 1.807) is 36.4 Å². The molecule has 0 bridgehead atoms. The van der Waals surface area contributed by atoms with Crippen LogP contribution >= 0.6 is 0 Å². The van der Waals surface area contributed by atoms with Crippen LogP contribution < -0.4 is 5.69 Å². The quantitative estimate of drug-likeness (QED) is 0.647. The minimum absolute atomic E-state index is 0.100. The second kappa shape index (κ2) is 7.76. The molecule has 0 aliphatic carbocycles. The molecular formula is C18H20N4O3. The Morgan fingerprint density at radius 2 is 1.92 bits per heavy atom. The average Bonchev–Trinajstić information content (AvgIpc) is 2.95. The largest absolute Gasteiger partial charge is 0.383 e. The molecule has 0 unspecified atom stereocenters. The van der Waals surface area contributed by atoms with E-state index in [1.165, 1.54) is 9.08 Å². The Labute approximate surface area is 145 Å². The van der Waals surface area contributed by atoms with Crippen LogP contribution in [0.25, 0.3) is 5.65 Å². The van der Waals surface area contributed by atoms with Crippen LogP contribution in [0.5, 0.6) is 0 Å². The van der Waals surface area contributed by atoms with Crippen molar-refractivity contribution in [3.63, 3.8) is 0 Å². The molecule has 2 aromatic heterocycles. The van der Waals surface area contributed by atoms with E-state index in [2.05, 4.69) is 5.10 Å². The minimum atomic E-state index is -0.324. The van der Waals surface area contributed by atoms with Gasteiger partial charge in [0.15, 0.2) is 5.65 Å². The molecule has 2 heterocycles. The molecule has 3 aromatic rings. The van der Waals surface area contributed by atoms with Crippen LogP contribution in [0, 0.1) is 0 Å². The standard InChI is InChI=1S/C18H20N4O3/c1-25-12-11-20(13-15-7-3-2-4-8-15)17(23)14-22-18(24)21-10-6-5-9-16(21)19-22/h2-10H,11-14H2,1H3. The molecule has 0 N–H and O–H groups in total. The number of methoxy groups -OCH3 is 1. The summed E-state index contributed by atoms with van der Waals surface area (Å²) in [6.45, 7) is 1.24. The topological polar surface area (TPSA) is 68.8 Å². The van der Waals surface area contributed by atoms with Gasteiger partial charge in [0, 0.05) is 26.4 Å². The van der Waals surface area contributed by atoms with E-state index >= 15 is 0 Å². The molecule has 0 saturated carbocycles. The van der Waals surface area contributed by atoms with Gasteiger partial charge >= 0.3 is 5.69 Å². The molecule has 0 aliphatic rings. The number of nitrogens with zero attached hydrogens (tertiary/aromatic N) is 4. The Morgan fingerprint density at radius 3 is 2.64 bits per heavy atom. The first-order valence-corrected chi connectivity index (χ1v) is 8.04. The van der Waals surface area contributed by atoms with E-state index < -0.39 is 0 Å². The lowest BCUT2D eigenvalue weighted by Crippen LogP contribution is -2.38. The van der Waals surface area contributed by atoms with E-state index in [9.17, 15) is 9.59 Å². The zero-order chi connectivity index (χ0) is 17.6. The van der Waals surface area contributed by atoms with E-state index in [0.717, 1.165) is 5.56 Å². The number of fused-ring (bicyclic) bond motifs is 1. The Hall–Kier alpha value is -2.93. The molecule has 7 heteroatoms. The van der Waals surface area contributed by atoms with Crippen molar-refractivity contribution in [1.29, 1.82) is 0 Å². The van der Waals surface area contributed by atoms with Gasteiger partial charge in [0.25, 0.3) is 0 Å². The van der Waals surface area contributed by atoms with Gasteiger partial charge in [0.1, 0.15) is 6.54 Å². The molecule has 130 valence electrons. The van der Waals surface area contributed by atoms with E-state index in [1.807, 2.05) is 30.3 Å². The summed E-state index contributed by atoms with van der Waals surface area (Å²) in [6, 6.07) is 15.0. The summed E-state index contributed by atoms with van der Waals surface area (Å²) < 4.78 is 7.72. The maximum atomic E-state index is 12.7. The summed E-state index contributed by atoms with van der Waals surface area (Å²) >= 11 is 0. The van der Waals surface area contributed by atoms with Gasteiger partial charge in [-0.1, -0.05) is 36.4 Å².